The van der Waals surface area contributed by atoms with E-state index in [2.05, 4.69) is 0 Å². The van der Waals surface area contributed by atoms with Gasteiger partial charge in [-0.2, -0.15) is 13.2 Å². The summed E-state index contributed by atoms with van der Waals surface area (Å²) < 4.78 is 49.5. The molecule has 0 radical (unpaired) electrons. The predicted octanol–water partition coefficient (Wildman–Crippen LogP) is 3.17. The lowest BCUT2D eigenvalue weighted by atomic mass is 10.1. The summed E-state index contributed by atoms with van der Waals surface area (Å²) >= 11 is 5.31. The van der Waals surface area contributed by atoms with E-state index in [1.54, 1.807) is 0 Å². The molecule has 2 N–H and O–H groups in total. The summed E-state index contributed by atoms with van der Waals surface area (Å²) in [5.41, 5.74) is 3.41. The molecule has 1 aromatic carbocycles. The highest BCUT2D eigenvalue weighted by Gasteiger charge is 2.34. The van der Waals surface area contributed by atoms with Gasteiger partial charge in [0, 0.05) is 11.6 Å². The van der Waals surface area contributed by atoms with Crippen LogP contribution >= 0.6 is 11.6 Å². The van der Waals surface area contributed by atoms with Crippen molar-refractivity contribution in [1.29, 1.82) is 0 Å². The maximum atomic E-state index is 12.7. The highest BCUT2D eigenvalue weighted by Crippen LogP contribution is 2.36. The molecule has 0 amide bonds. The van der Waals surface area contributed by atoms with E-state index >= 15 is 0 Å². The molecule has 6 heteroatoms. The van der Waals surface area contributed by atoms with Crippen LogP contribution in [-0.2, 0) is 12.1 Å². The Bertz CT molecular complexity index is 348. The van der Waals surface area contributed by atoms with Crippen LogP contribution in [0, 0.1) is 5.82 Å². The standard InChI is InChI=1S/C8H6ClF4N/c9-3-4-1-5(10)2-6(7(4)14)8(11,12)13/h1-2H,3,14H2. The fourth-order valence-corrected chi connectivity index (χ4v) is 1.24. The van der Waals surface area contributed by atoms with Crippen molar-refractivity contribution in [2.45, 2.75) is 12.1 Å². The van der Waals surface area contributed by atoms with Gasteiger partial charge in [-0.15, -0.1) is 11.6 Å². The third kappa shape index (κ3) is 2.09. The van der Waals surface area contributed by atoms with Gasteiger partial charge in [-0.05, 0) is 17.7 Å². The molecule has 78 valence electrons. The van der Waals surface area contributed by atoms with Gasteiger partial charge in [0.25, 0.3) is 0 Å². The molecule has 0 unspecified atom stereocenters. The van der Waals surface area contributed by atoms with E-state index in [-0.39, 0.29) is 11.4 Å². The number of anilines is 1. The minimum atomic E-state index is -4.66. The average Bonchev–Trinajstić information content (AvgIpc) is 2.06. The van der Waals surface area contributed by atoms with Crippen LogP contribution in [0.2, 0.25) is 0 Å². The van der Waals surface area contributed by atoms with Crippen molar-refractivity contribution < 1.29 is 17.6 Å². The van der Waals surface area contributed by atoms with Crippen LogP contribution in [0.5, 0.6) is 0 Å². The van der Waals surface area contributed by atoms with Gasteiger partial charge in [-0.1, -0.05) is 0 Å². The minimum Gasteiger partial charge on any atom is -0.398 e. The van der Waals surface area contributed by atoms with Crippen molar-refractivity contribution in [2.75, 3.05) is 5.73 Å². The van der Waals surface area contributed by atoms with E-state index in [0.717, 1.165) is 6.07 Å². The summed E-state index contributed by atoms with van der Waals surface area (Å²) in [5, 5.41) is 0. The lowest BCUT2D eigenvalue weighted by molar-refractivity contribution is -0.137. The number of benzene rings is 1. The van der Waals surface area contributed by atoms with Crippen molar-refractivity contribution in [1.82, 2.24) is 0 Å². The zero-order valence-electron chi connectivity index (χ0n) is 6.83. The first kappa shape index (κ1) is 11.1. The van der Waals surface area contributed by atoms with Gasteiger partial charge in [-0.3, -0.25) is 0 Å². The number of hydrogen-bond donors (Lipinski definition) is 1. The second-order valence-electron chi connectivity index (χ2n) is 2.66. The zero-order chi connectivity index (χ0) is 10.9. The largest absolute Gasteiger partial charge is 0.418 e. The summed E-state index contributed by atoms with van der Waals surface area (Å²) in [7, 11) is 0. The van der Waals surface area contributed by atoms with E-state index in [0.29, 0.717) is 6.07 Å². The molecule has 0 fully saturated rings. The molecule has 0 aliphatic heterocycles. The van der Waals surface area contributed by atoms with Gasteiger partial charge in [-0.25, -0.2) is 4.39 Å². The van der Waals surface area contributed by atoms with Crippen LogP contribution in [0.1, 0.15) is 11.1 Å². The first-order valence-electron chi connectivity index (χ1n) is 3.57. The SMILES string of the molecule is Nc1c(CCl)cc(F)cc1C(F)(F)F. The van der Waals surface area contributed by atoms with Gasteiger partial charge in [0.1, 0.15) is 5.82 Å². The summed E-state index contributed by atoms with van der Waals surface area (Å²) in [6, 6.07) is 1.24. The normalized spacial score (nSPS) is 11.8. The van der Waals surface area contributed by atoms with Crippen LogP contribution < -0.4 is 5.73 Å². The third-order valence-electron chi connectivity index (χ3n) is 1.68. The van der Waals surface area contributed by atoms with Crippen molar-refractivity contribution in [3.05, 3.63) is 29.1 Å². The third-order valence-corrected chi connectivity index (χ3v) is 1.97. The van der Waals surface area contributed by atoms with Gasteiger partial charge in [0.15, 0.2) is 0 Å². The Hall–Kier alpha value is -0.970. The maximum absolute atomic E-state index is 12.7. The second-order valence-corrected chi connectivity index (χ2v) is 2.92. The van der Waals surface area contributed by atoms with Gasteiger partial charge >= 0.3 is 6.18 Å². The predicted molar refractivity (Wildman–Crippen MR) is 45.4 cm³/mol. The zero-order valence-corrected chi connectivity index (χ0v) is 7.58. The summed E-state index contributed by atoms with van der Waals surface area (Å²) in [4.78, 5) is 0. The molecule has 0 aromatic heterocycles. The summed E-state index contributed by atoms with van der Waals surface area (Å²) in [6.07, 6.45) is -4.66. The molecule has 0 aliphatic carbocycles. The Kier molecular flexibility index (Phi) is 2.89. The van der Waals surface area contributed by atoms with E-state index < -0.39 is 23.2 Å². The Morgan fingerprint density at radius 1 is 1.29 bits per heavy atom. The Morgan fingerprint density at radius 3 is 2.29 bits per heavy atom. The van der Waals surface area contributed by atoms with E-state index in [1.165, 1.54) is 0 Å². The monoisotopic (exact) mass is 227 g/mol. The second kappa shape index (κ2) is 3.65. The molecule has 0 spiro atoms. The fraction of sp³-hybridized carbons (Fsp3) is 0.250. The highest BCUT2D eigenvalue weighted by molar-refractivity contribution is 6.17. The highest BCUT2D eigenvalue weighted by atomic mass is 35.5. The van der Waals surface area contributed by atoms with Gasteiger partial charge in [0.05, 0.1) is 5.56 Å². The average molecular weight is 228 g/mol. The smallest absolute Gasteiger partial charge is 0.398 e. The van der Waals surface area contributed by atoms with Gasteiger partial charge in [0.2, 0.25) is 0 Å². The van der Waals surface area contributed by atoms with Crippen molar-refractivity contribution in [3.63, 3.8) is 0 Å². The van der Waals surface area contributed by atoms with E-state index in [1.807, 2.05) is 0 Å². The number of halogens is 5. The van der Waals surface area contributed by atoms with E-state index in [9.17, 15) is 17.6 Å². The number of nitrogens with two attached hydrogens (primary N) is 1. The molecule has 0 saturated heterocycles. The molecule has 1 nitrogen and oxygen atoms in total. The van der Waals surface area contributed by atoms with Crippen LogP contribution in [0.3, 0.4) is 0 Å². The van der Waals surface area contributed by atoms with Crippen molar-refractivity contribution in [3.8, 4) is 0 Å². The molecular formula is C8H6ClF4N. The number of alkyl halides is 4. The van der Waals surface area contributed by atoms with Crippen LogP contribution in [-0.4, -0.2) is 0 Å². The minimum absolute atomic E-state index is 0.0565. The molecule has 0 bridgehead atoms. The Morgan fingerprint density at radius 2 is 1.86 bits per heavy atom. The molecule has 1 aromatic rings. The lowest BCUT2D eigenvalue weighted by Gasteiger charge is -2.12. The molecule has 0 aliphatic rings. The van der Waals surface area contributed by atoms with Crippen molar-refractivity contribution >= 4 is 17.3 Å². The topological polar surface area (TPSA) is 26.0 Å². The number of hydrogen-bond acceptors (Lipinski definition) is 1. The maximum Gasteiger partial charge on any atom is 0.418 e. The van der Waals surface area contributed by atoms with Gasteiger partial charge < -0.3 is 5.73 Å². The molecule has 1 rings (SSSR count). The van der Waals surface area contributed by atoms with E-state index in [4.69, 9.17) is 17.3 Å². The Balaban J connectivity index is 3.37. The Labute approximate surface area is 82.5 Å². The fourth-order valence-electron chi connectivity index (χ4n) is 1.02. The number of rotatable bonds is 1. The van der Waals surface area contributed by atoms with Crippen LogP contribution in [0.15, 0.2) is 12.1 Å². The number of nitrogen functional groups attached to an aromatic ring is 1. The quantitative estimate of drug-likeness (QED) is 0.445. The van der Waals surface area contributed by atoms with Crippen molar-refractivity contribution in [2.24, 2.45) is 0 Å². The molecule has 0 saturated carbocycles. The molecule has 0 atom stereocenters. The first-order valence-corrected chi connectivity index (χ1v) is 4.10. The lowest BCUT2D eigenvalue weighted by Crippen LogP contribution is -2.11. The molecule has 0 heterocycles. The van der Waals surface area contributed by atoms with Crippen LogP contribution in [0.25, 0.3) is 0 Å². The molecule has 14 heavy (non-hydrogen) atoms. The first-order chi connectivity index (χ1) is 6.36. The molecular weight excluding hydrogens is 222 g/mol. The summed E-state index contributed by atoms with van der Waals surface area (Å²) in [5.74, 6) is -1.26. The summed E-state index contributed by atoms with van der Waals surface area (Å²) in [6.45, 7) is 0. The van der Waals surface area contributed by atoms with Crippen LogP contribution in [0.4, 0.5) is 23.2 Å².